The second kappa shape index (κ2) is 9.57. The minimum atomic E-state index is -0.369. The molecule has 1 atom stereocenters. The van der Waals surface area contributed by atoms with E-state index in [9.17, 15) is 14.4 Å². The molecule has 158 valence electrons. The molecule has 0 unspecified atom stereocenters. The largest absolute Gasteiger partial charge is 0.352 e. The number of aryl methyl sites for hydroxylation is 1. The van der Waals surface area contributed by atoms with Crippen LogP contribution in [0.3, 0.4) is 0 Å². The third-order valence-corrected chi connectivity index (χ3v) is 5.31. The normalized spacial score (nSPS) is 16.1. The van der Waals surface area contributed by atoms with Crippen molar-refractivity contribution in [2.45, 2.75) is 40.2 Å². The Labute approximate surface area is 177 Å². The molecule has 1 aliphatic rings. The average molecular weight is 408 g/mol. The first-order valence-corrected chi connectivity index (χ1v) is 10.4. The number of amides is 3. The van der Waals surface area contributed by atoms with E-state index in [-0.39, 0.29) is 36.0 Å². The summed E-state index contributed by atoms with van der Waals surface area (Å²) < 4.78 is 0. The number of anilines is 2. The van der Waals surface area contributed by atoms with Crippen molar-refractivity contribution in [3.63, 3.8) is 0 Å². The number of benzene rings is 2. The van der Waals surface area contributed by atoms with Crippen LogP contribution >= 0.6 is 0 Å². The lowest BCUT2D eigenvalue weighted by Crippen LogP contribution is -2.32. The highest BCUT2D eigenvalue weighted by molar-refractivity contribution is 6.00. The lowest BCUT2D eigenvalue weighted by Gasteiger charge is -2.17. The van der Waals surface area contributed by atoms with E-state index in [0.717, 1.165) is 23.2 Å². The van der Waals surface area contributed by atoms with E-state index in [1.807, 2.05) is 62.4 Å². The van der Waals surface area contributed by atoms with E-state index in [1.165, 1.54) is 0 Å². The first-order valence-electron chi connectivity index (χ1n) is 10.4. The number of hydrogen-bond acceptors (Lipinski definition) is 3. The second-order valence-corrected chi connectivity index (χ2v) is 7.99. The van der Waals surface area contributed by atoms with Crippen molar-refractivity contribution in [2.24, 2.45) is 11.8 Å². The maximum absolute atomic E-state index is 12.7. The van der Waals surface area contributed by atoms with Gasteiger partial charge in [-0.2, -0.15) is 0 Å². The number of nitrogens with zero attached hydrogens (tertiary/aromatic N) is 1. The second-order valence-electron chi connectivity index (χ2n) is 7.99. The van der Waals surface area contributed by atoms with Crippen molar-refractivity contribution < 1.29 is 14.4 Å². The lowest BCUT2D eigenvalue weighted by molar-refractivity contribution is -0.126. The zero-order valence-corrected chi connectivity index (χ0v) is 17.8. The summed E-state index contributed by atoms with van der Waals surface area (Å²) in [7, 11) is 0. The lowest BCUT2D eigenvalue weighted by atomic mass is 10.1. The third-order valence-electron chi connectivity index (χ3n) is 5.31. The molecule has 1 heterocycles. The summed E-state index contributed by atoms with van der Waals surface area (Å²) in [6, 6.07) is 15.3. The summed E-state index contributed by atoms with van der Waals surface area (Å²) >= 11 is 0. The molecule has 0 aromatic heterocycles. The number of carbonyl (C=O) groups excluding carboxylic acids is 3. The fourth-order valence-electron chi connectivity index (χ4n) is 3.46. The first kappa shape index (κ1) is 21.6. The Kier molecular flexibility index (Phi) is 6.87. The van der Waals surface area contributed by atoms with Gasteiger partial charge in [0.15, 0.2) is 0 Å². The van der Waals surface area contributed by atoms with Gasteiger partial charge in [-0.25, -0.2) is 0 Å². The van der Waals surface area contributed by atoms with Crippen molar-refractivity contribution in [3.05, 3.63) is 59.7 Å². The van der Waals surface area contributed by atoms with E-state index in [4.69, 9.17) is 0 Å². The Morgan fingerprint density at radius 2 is 1.83 bits per heavy atom. The molecule has 6 heteroatoms. The molecule has 0 bridgehead atoms. The number of rotatable bonds is 7. The van der Waals surface area contributed by atoms with Crippen LogP contribution in [0, 0.1) is 11.8 Å². The fourth-order valence-corrected chi connectivity index (χ4v) is 3.46. The van der Waals surface area contributed by atoms with E-state index in [1.54, 1.807) is 4.90 Å². The molecule has 3 rings (SSSR count). The minimum Gasteiger partial charge on any atom is -0.352 e. The molecule has 1 fully saturated rings. The molecule has 6 nitrogen and oxygen atoms in total. The maximum Gasteiger partial charge on any atom is 0.227 e. The molecule has 1 aliphatic heterocycles. The van der Waals surface area contributed by atoms with Crippen LogP contribution in [0.25, 0.3) is 0 Å². The van der Waals surface area contributed by atoms with E-state index in [2.05, 4.69) is 17.6 Å². The summed E-state index contributed by atoms with van der Waals surface area (Å²) in [5.41, 5.74) is 3.61. The van der Waals surface area contributed by atoms with E-state index < -0.39 is 0 Å². The smallest absolute Gasteiger partial charge is 0.227 e. The van der Waals surface area contributed by atoms with Crippen LogP contribution in [0.2, 0.25) is 0 Å². The standard InChI is InChI=1S/C24H29N3O3/c1-4-17-7-6-10-21(12-17)27-15-19(13-22(27)28)24(30)25-14-18-8-5-9-20(11-18)26-23(29)16(2)3/h5-12,16,19H,4,13-15H2,1-3H3,(H,25,30)(H,26,29)/t19-/m0/s1. The zero-order chi connectivity index (χ0) is 21.7. The Balaban J connectivity index is 1.58. The number of hydrogen-bond donors (Lipinski definition) is 2. The van der Waals surface area contributed by atoms with Gasteiger partial charge in [-0.15, -0.1) is 0 Å². The Hall–Kier alpha value is -3.15. The predicted molar refractivity (Wildman–Crippen MR) is 118 cm³/mol. The van der Waals surface area contributed by atoms with Crippen LogP contribution in [0.5, 0.6) is 0 Å². The molecular weight excluding hydrogens is 378 g/mol. The average Bonchev–Trinajstić information content (AvgIpc) is 3.14. The highest BCUT2D eigenvalue weighted by Gasteiger charge is 2.35. The first-order chi connectivity index (χ1) is 14.4. The van der Waals surface area contributed by atoms with Crippen LogP contribution in [-0.2, 0) is 27.3 Å². The summed E-state index contributed by atoms with van der Waals surface area (Å²) in [4.78, 5) is 38.7. The molecule has 0 radical (unpaired) electrons. The van der Waals surface area contributed by atoms with Gasteiger partial charge in [-0.1, -0.05) is 45.0 Å². The van der Waals surface area contributed by atoms with Gasteiger partial charge in [0.2, 0.25) is 17.7 Å². The molecule has 0 saturated carbocycles. The van der Waals surface area contributed by atoms with Gasteiger partial charge in [0, 0.05) is 36.8 Å². The fraction of sp³-hybridized carbons (Fsp3) is 0.375. The summed E-state index contributed by atoms with van der Waals surface area (Å²) in [6.45, 7) is 6.49. The molecular formula is C24H29N3O3. The van der Waals surface area contributed by atoms with Crippen LogP contribution < -0.4 is 15.5 Å². The Morgan fingerprint density at radius 1 is 1.10 bits per heavy atom. The molecule has 0 spiro atoms. The van der Waals surface area contributed by atoms with Gasteiger partial charge in [-0.3, -0.25) is 14.4 Å². The monoisotopic (exact) mass is 407 g/mol. The quantitative estimate of drug-likeness (QED) is 0.737. The zero-order valence-electron chi connectivity index (χ0n) is 17.8. The maximum atomic E-state index is 12.7. The molecule has 3 amide bonds. The molecule has 2 aromatic carbocycles. The third kappa shape index (κ3) is 5.26. The summed E-state index contributed by atoms with van der Waals surface area (Å²) in [5.74, 6) is -0.676. The Bertz CT molecular complexity index is 939. The summed E-state index contributed by atoms with van der Waals surface area (Å²) in [5, 5.41) is 5.79. The van der Waals surface area contributed by atoms with Crippen LogP contribution in [0.4, 0.5) is 11.4 Å². The van der Waals surface area contributed by atoms with Crippen molar-refractivity contribution in [1.29, 1.82) is 0 Å². The van der Waals surface area contributed by atoms with Gasteiger partial charge in [-0.05, 0) is 41.8 Å². The molecule has 0 aliphatic carbocycles. The van der Waals surface area contributed by atoms with Crippen molar-refractivity contribution in [2.75, 3.05) is 16.8 Å². The molecule has 1 saturated heterocycles. The van der Waals surface area contributed by atoms with Gasteiger partial charge in [0.05, 0.1) is 5.92 Å². The van der Waals surface area contributed by atoms with Gasteiger partial charge in [0.25, 0.3) is 0 Å². The van der Waals surface area contributed by atoms with Crippen LogP contribution in [0.15, 0.2) is 48.5 Å². The van der Waals surface area contributed by atoms with Crippen LogP contribution in [-0.4, -0.2) is 24.3 Å². The topological polar surface area (TPSA) is 78.5 Å². The molecule has 2 N–H and O–H groups in total. The number of nitrogens with one attached hydrogen (secondary N) is 2. The summed E-state index contributed by atoms with van der Waals surface area (Å²) in [6.07, 6.45) is 1.11. The van der Waals surface area contributed by atoms with Gasteiger partial charge >= 0.3 is 0 Å². The highest BCUT2D eigenvalue weighted by Crippen LogP contribution is 2.26. The van der Waals surface area contributed by atoms with Crippen molar-refractivity contribution in [3.8, 4) is 0 Å². The van der Waals surface area contributed by atoms with Crippen molar-refractivity contribution >= 4 is 29.1 Å². The highest BCUT2D eigenvalue weighted by atomic mass is 16.2. The predicted octanol–water partition coefficient (Wildman–Crippen LogP) is 3.51. The Morgan fingerprint density at radius 3 is 2.57 bits per heavy atom. The SMILES string of the molecule is CCc1cccc(N2C[C@@H](C(=O)NCc3cccc(NC(=O)C(C)C)c3)CC2=O)c1. The molecule has 30 heavy (non-hydrogen) atoms. The minimum absolute atomic E-state index is 0.0261. The number of carbonyl (C=O) groups is 3. The van der Waals surface area contributed by atoms with E-state index >= 15 is 0 Å². The van der Waals surface area contributed by atoms with Gasteiger partial charge < -0.3 is 15.5 Å². The van der Waals surface area contributed by atoms with Crippen LogP contribution in [0.1, 0.15) is 38.3 Å². The van der Waals surface area contributed by atoms with Crippen molar-refractivity contribution in [1.82, 2.24) is 5.32 Å². The molecule has 2 aromatic rings. The van der Waals surface area contributed by atoms with Gasteiger partial charge in [0.1, 0.15) is 0 Å². The van der Waals surface area contributed by atoms with E-state index in [0.29, 0.717) is 18.8 Å².